The summed E-state index contributed by atoms with van der Waals surface area (Å²) in [7, 11) is 0. The summed E-state index contributed by atoms with van der Waals surface area (Å²) in [5, 5.41) is 13.0. The Kier molecular flexibility index (Phi) is 6.97. The molecule has 0 aromatic heterocycles. The summed E-state index contributed by atoms with van der Waals surface area (Å²) in [6, 6.07) is 12.6. The predicted molar refractivity (Wildman–Crippen MR) is 84.2 cm³/mol. The first-order chi connectivity index (χ1) is 9.18. The number of hydrogen-bond acceptors (Lipinski definition) is 3. The lowest BCUT2D eigenvalue weighted by Crippen LogP contribution is -2.43. The van der Waals surface area contributed by atoms with Crippen molar-refractivity contribution in [1.82, 2.24) is 5.32 Å². The van der Waals surface area contributed by atoms with E-state index < -0.39 is 5.54 Å². The SMILES string of the molecule is CCNC(C#N)(CSCC(C)CC)c1ccccc1. The third-order valence-corrected chi connectivity index (χ3v) is 4.80. The molecule has 2 unspecified atom stereocenters. The van der Waals surface area contributed by atoms with Crippen molar-refractivity contribution in [2.24, 2.45) is 5.92 Å². The van der Waals surface area contributed by atoms with Gasteiger partial charge in [-0.25, -0.2) is 0 Å². The molecule has 0 aliphatic heterocycles. The van der Waals surface area contributed by atoms with Gasteiger partial charge in [0.2, 0.25) is 0 Å². The van der Waals surface area contributed by atoms with Gasteiger partial charge in [-0.15, -0.1) is 0 Å². The first-order valence-electron chi connectivity index (χ1n) is 6.98. The minimum atomic E-state index is -0.561. The van der Waals surface area contributed by atoms with Crippen LogP contribution in [-0.2, 0) is 5.54 Å². The largest absolute Gasteiger partial charge is 0.295 e. The molecule has 1 N–H and O–H groups in total. The molecule has 2 atom stereocenters. The van der Waals surface area contributed by atoms with Crippen molar-refractivity contribution in [2.75, 3.05) is 18.1 Å². The standard InChI is InChI=1S/C16H24N2S/c1-4-14(3)11-19-13-16(12-17,18-5-2)15-9-7-6-8-10-15/h6-10,14,18H,4-5,11,13H2,1-3H3. The van der Waals surface area contributed by atoms with Gasteiger partial charge in [0.25, 0.3) is 0 Å². The van der Waals surface area contributed by atoms with Crippen LogP contribution in [0.15, 0.2) is 30.3 Å². The van der Waals surface area contributed by atoms with Crippen LogP contribution in [0, 0.1) is 17.2 Å². The van der Waals surface area contributed by atoms with Gasteiger partial charge in [0.15, 0.2) is 0 Å². The number of nitriles is 1. The number of benzene rings is 1. The van der Waals surface area contributed by atoms with E-state index in [9.17, 15) is 5.26 Å². The van der Waals surface area contributed by atoms with Crippen LogP contribution in [0.25, 0.3) is 0 Å². The lowest BCUT2D eigenvalue weighted by molar-refractivity contribution is 0.489. The molecule has 1 rings (SSSR count). The van der Waals surface area contributed by atoms with Crippen LogP contribution < -0.4 is 5.32 Å². The number of nitrogens with one attached hydrogen (secondary N) is 1. The van der Waals surface area contributed by atoms with Gasteiger partial charge in [0.05, 0.1) is 6.07 Å². The molecule has 0 saturated heterocycles. The van der Waals surface area contributed by atoms with Crippen molar-refractivity contribution >= 4 is 11.8 Å². The number of rotatable bonds is 8. The van der Waals surface area contributed by atoms with Crippen molar-refractivity contribution < 1.29 is 0 Å². The van der Waals surface area contributed by atoms with E-state index >= 15 is 0 Å². The van der Waals surface area contributed by atoms with Crippen molar-refractivity contribution in [3.63, 3.8) is 0 Å². The van der Waals surface area contributed by atoms with Gasteiger partial charge in [-0.2, -0.15) is 17.0 Å². The van der Waals surface area contributed by atoms with Crippen molar-refractivity contribution in [1.29, 1.82) is 5.26 Å². The Hall–Kier alpha value is -0.980. The monoisotopic (exact) mass is 276 g/mol. The van der Waals surface area contributed by atoms with Crippen molar-refractivity contribution in [2.45, 2.75) is 32.7 Å². The van der Waals surface area contributed by atoms with E-state index in [1.165, 1.54) is 6.42 Å². The van der Waals surface area contributed by atoms with Crippen molar-refractivity contribution in [3.05, 3.63) is 35.9 Å². The van der Waals surface area contributed by atoms with E-state index in [0.717, 1.165) is 23.6 Å². The summed E-state index contributed by atoms with van der Waals surface area (Å²) in [5.41, 5.74) is 0.504. The quantitative estimate of drug-likeness (QED) is 0.784. The number of hydrogen-bond donors (Lipinski definition) is 1. The smallest absolute Gasteiger partial charge is 0.141 e. The van der Waals surface area contributed by atoms with Gasteiger partial charge < -0.3 is 0 Å². The predicted octanol–water partition coefficient (Wildman–Crippen LogP) is 3.79. The Morgan fingerprint density at radius 1 is 1.32 bits per heavy atom. The average molecular weight is 276 g/mol. The van der Waals surface area contributed by atoms with Crippen LogP contribution in [-0.4, -0.2) is 18.1 Å². The maximum atomic E-state index is 9.66. The Morgan fingerprint density at radius 3 is 2.53 bits per heavy atom. The zero-order valence-electron chi connectivity index (χ0n) is 12.1. The molecular weight excluding hydrogens is 252 g/mol. The Labute approximate surface area is 121 Å². The highest BCUT2D eigenvalue weighted by molar-refractivity contribution is 7.99. The molecule has 1 aromatic rings. The van der Waals surface area contributed by atoms with Crippen LogP contribution in [0.1, 0.15) is 32.8 Å². The molecule has 19 heavy (non-hydrogen) atoms. The van der Waals surface area contributed by atoms with Crippen LogP contribution in [0.4, 0.5) is 0 Å². The lowest BCUT2D eigenvalue weighted by atomic mass is 9.93. The second-order valence-corrected chi connectivity index (χ2v) is 5.97. The highest BCUT2D eigenvalue weighted by atomic mass is 32.2. The summed E-state index contributed by atoms with van der Waals surface area (Å²) in [6.07, 6.45) is 1.19. The van der Waals surface area contributed by atoms with Crippen LogP contribution in [0.2, 0.25) is 0 Å². The normalized spacial score (nSPS) is 15.5. The van der Waals surface area contributed by atoms with Crippen molar-refractivity contribution in [3.8, 4) is 6.07 Å². The fraction of sp³-hybridized carbons (Fsp3) is 0.562. The molecule has 0 heterocycles. The fourth-order valence-electron chi connectivity index (χ4n) is 1.93. The minimum absolute atomic E-state index is 0.561. The number of thioether (sulfide) groups is 1. The van der Waals surface area contributed by atoms with Gasteiger partial charge in [0, 0.05) is 5.75 Å². The molecule has 0 bridgehead atoms. The first-order valence-corrected chi connectivity index (χ1v) is 8.13. The van der Waals surface area contributed by atoms with E-state index in [4.69, 9.17) is 0 Å². The number of nitrogens with zero attached hydrogens (tertiary/aromatic N) is 1. The molecule has 2 nitrogen and oxygen atoms in total. The molecule has 0 aliphatic carbocycles. The van der Waals surface area contributed by atoms with E-state index in [0.29, 0.717) is 5.92 Å². The van der Waals surface area contributed by atoms with E-state index in [1.807, 2.05) is 49.0 Å². The second-order valence-electron chi connectivity index (χ2n) is 4.94. The van der Waals surface area contributed by atoms with Crippen LogP contribution >= 0.6 is 11.8 Å². The third kappa shape index (κ3) is 4.56. The van der Waals surface area contributed by atoms with E-state index in [-0.39, 0.29) is 0 Å². The molecule has 1 aromatic carbocycles. The van der Waals surface area contributed by atoms with E-state index in [2.05, 4.69) is 25.2 Å². The highest BCUT2D eigenvalue weighted by Crippen LogP contribution is 2.26. The van der Waals surface area contributed by atoms with Gasteiger partial charge in [-0.05, 0) is 23.8 Å². The summed E-state index contributed by atoms with van der Waals surface area (Å²) < 4.78 is 0. The second kappa shape index (κ2) is 8.24. The molecule has 3 heteroatoms. The first kappa shape index (κ1) is 16.1. The average Bonchev–Trinajstić information content (AvgIpc) is 2.47. The zero-order valence-corrected chi connectivity index (χ0v) is 13.0. The molecule has 0 radical (unpaired) electrons. The van der Waals surface area contributed by atoms with Gasteiger partial charge >= 0.3 is 0 Å². The third-order valence-electron chi connectivity index (χ3n) is 3.35. The summed E-state index contributed by atoms with van der Waals surface area (Å²) in [5.74, 6) is 2.61. The highest BCUT2D eigenvalue weighted by Gasteiger charge is 2.31. The molecule has 0 amide bonds. The Balaban J connectivity index is 2.79. The van der Waals surface area contributed by atoms with Gasteiger partial charge in [0.1, 0.15) is 5.54 Å². The molecule has 0 fully saturated rings. The van der Waals surface area contributed by atoms with Gasteiger partial charge in [-0.3, -0.25) is 5.32 Å². The Morgan fingerprint density at radius 2 is 2.00 bits per heavy atom. The molecule has 0 aliphatic rings. The topological polar surface area (TPSA) is 35.8 Å². The molecule has 0 saturated carbocycles. The fourth-order valence-corrected chi connectivity index (χ4v) is 3.32. The van der Waals surface area contributed by atoms with Crippen LogP contribution in [0.3, 0.4) is 0 Å². The Bertz CT molecular complexity index is 399. The lowest BCUT2D eigenvalue weighted by Gasteiger charge is -2.28. The maximum absolute atomic E-state index is 9.66. The van der Waals surface area contributed by atoms with Crippen LogP contribution in [0.5, 0.6) is 0 Å². The maximum Gasteiger partial charge on any atom is 0.141 e. The molecular formula is C16H24N2S. The zero-order chi connectivity index (χ0) is 14.1. The molecule has 104 valence electrons. The minimum Gasteiger partial charge on any atom is -0.295 e. The molecule has 0 spiro atoms. The summed E-state index contributed by atoms with van der Waals surface area (Å²) in [4.78, 5) is 0. The van der Waals surface area contributed by atoms with Gasteiger partial charge in [-0.1, -0.05) is 57.5 Å². The summed E-state index contributed by atoms with van der Waals surface area (Å²) in [6.45, 7) is 7.32. The van der Waals surface area contributed by atoms with E-state index in [1.54, 1.807) is 0 Å². The summed E-state index contributed by atoms with van der Waals surface area (Å²) >= 11 is 1.87.